The Hall–Kier alpha value is -4.10. The molecule has 0 fully saturated rings. The van der Waals surface area contributed by atoms with E-state index in [-0.39, 0.29) is 45.1 Å². The van der Waals surface area contributed by atoms with Crippen LogP contribution in [0.15, 0.2) is 47.7 Å². The lowest BCUT2D eigenvalue weighted by Gasteiger charge is -2.15. The lowest BCUT2D eigenvalue weighted by atomic mass is 10.00. The first kappa shape index (κ1) is 26.0. The summed E-state index contributed by atoms with van der Waals surface area (Å²) in [6, 6.07) is 5.75. The highest BCUT2D eigenvalue weighted by molar-refractivity contribution is 7.15. The van der Waals surface area contributed by atoms with Gasteiger partial charge >= 0.3 is 0 Å². The fraction of sp³-hybridized carbons (Fsp3) is 0.250. The van der Waals surface area contributed by atoms with E-state index in [0.29, 0.717) is 5.01 Å². The molecule has 0 aromatic carbocycles. The van der Waals surface area contributed by atoms with E-state index in [1.54, 1.807) is 19.9 Å². The van der Waals surface area contributed by atoms with Gasteiger partial charge in [0.25, 0.3) is 17.9 Å². The van der Waals surface area contributed by atoms with Gasteiger partial charge in [-0.3, -0.25) is 24.5 Å². The Bertz CT molecular complexity index is 1510. The van der Waals surface area contributed by atoms with Gasteiger partial charge in [0.2, 0.25) is 5.13 Å². The number of rotatable bonds is 8. The number of pyridine rings is 3. The molecule has 4 aromatic rings. The molecule has 1 amide bonds. The number of ether oxygens (including phenoxy) is 2. The number of aromatic nitrogens is 5. The topological polar surface area (TPSA) is 121 Å². The van der Waals surface area contributed by atoms with E-state index in [9.17, 15) is 18.4 Å². The minimum atomic E-state index is -2.86. The number of methoxy groups -OCH3 is 2. The standard InChI is InChI=1S/C24H22F2N6O4S/c1-12-5-6-32(20(33)7-12)19-9-14(15-8-17(21(25)26)27-11-18(15)36-4)16(10-28-19)22(34)29-24-31-30-23(37-24)13(2)35-3/h5-11,13,21H,1-4H3,(H,29,31,34). The molecule has 37 heavy (non-hydrogen) atoms. The molecule has 4 rings (SSSR count). The summed E-state index contributed by atoms with van der Waals surface area (Å²) in [6.07, 6.45) is 0.776. The highest BCUT2D eigenvalue weighted by Crippen LogP contribution is 2.35. The lowest BCUT2D eigenvalue weighted by Crippen LogP contribution is -2.19. The summed E-state index contributed by atoms with van der Waals surface area (Å²) in [6.45, 7) is 3.56. The van der Waals surface area contributed by atoms with Crippen LogP contribution in [-0.2, 0) is 4.74 Å². The predicted molar refractivity (Wildman–Crippen MR) is 133 cm³/mol. The number of aryl methyl sites for hydroxylation is 1. The number of amides is 1. The van der Waals surface area contributed by atoms with Crippen molar-refractivity contribution >= 4 is 22.4 Å². The second-order valence-electron chi connectivity index (χ2n) is 7.89. The van der Waals surface area contributed by atoms with Crippen LogP contribution in [0.2, 0.25) is 0 Å². The van der Waals surface area contributed by atoms with Crippen molar-refractivity contribution in [3.05, 3.63) is 75.0 Å². The summed E-state index contributed by atoms with van der Waals surface area (Å²) in [5, 5.41) is 11.4. The third-order valence-electron chi connectivity index (χ3n) is 5.44. The quantitative estimate of drug-likeness (QED) is 0.358. The summed E-state index contributed by atoms with van der Waals surface area (Å²) in [7, 11) is 2.88. The van der Waals surface area contributed by atoms with Gasteiger partial charge in [-0.2, -0.15) is 0 Å². The van der Waals surface area contributed by atoms with Crippen LogP contribution in [-0.4, -0.2) is 44.9 Å². The van der Waals surface area contributed by atoms with Gasteiger partial charge in [-0.1, -0.05) is 11.3 Å². The van der Waals surface area contributed by atoms with E-state index in [4.69, 9.17) is 9.47 Å². The molecule has 0 aliphatic carbocycles. The van der Waals surface area contributed by atoms with E-state index < -0.39 is 18.0 Å². The Morgan fingerprint density at radius 3 is 2.57 bits per heavy atom. The summed E-state index contributed by atoms with van der Waals surface area (Å²) >= 11 is 1.13. The molecular formula is C24H22F2N6O4S. The molecule has 10 nitrogen and oxygen atoms in total. The number of anilines is 1. The smallest absolute Gasteiger partial charge is 0.280 e. The molecule has 0 spiro atoms. The molecular weight excluding hydrogens is 506 g/mol. The largest absolute Gasteiger partial charge is 0.494 e. The number of carbonyl (C=O) groups is 1. The normalized spacial score (nSPS) is 12.0. The maximum absolute atomic E-state index is 13.5. The van der Waals surface area contributed by atoms with E-state index in [1.165, 1.54) is 43.3 Å². The van der Waals surface area contributed by atoms with Gasteiger partial charge in [0.1, 0.15) is 28.4 Å². The summed E-state index contributed by atoms with van der Waals surface area (Å²) < 4.78 is 38.9. The molecule has 4 aromatic heterocycles. The van der Waals surface area contributed by atoms with Crippen molar-refractivity contribution in [3.63, 3.8) is 0 Å². The Morgan fingerprint density at radius 1 is 1.11 bits per heavy atom. The molecule has 1 unspecified atom stereocenters. The number of halogens is 2. The van der Waals surface area contributed by atoms with E-state index in [1.807, 2.05) is 0 Å². The van der Waals surface area contributed by atoms with Crippen molar-refractivity contribution in [2.45, 2.75) is 26.4 Å². The number of nitrogens with zero attached hydrogens (tertiary/aromatic N) is 5. The van der Waals surface area contributed by atoms with Crippen LogP contribution in [0, 0.1) is 6.92 Å². The first-order chi connectivity index (χ1) is 17.7. The zero-order valence-corrected chi connectivity index (χ0v) is 21.0. The maximum Gasteiger partial charge on any atom is 0.280 e. The van der Waals surface area contributed by atoms with Crippen LogP contribution in [0.5, 0.6) is 5.75 Å². The van der Waals surface area contributed by atoms with Crippen LogP contribution in [0.25, 0.3) is 16.9 Å². The molecule has 4 heterocycles. The average molecular weight is 529 g/mol. The van der Waals surface area contributed by atoms with Gasteiger partial charge in [0, 0.05) is 36.7 Å². The van der Waals surface area contributed by atoms with Crippen molar-refractivity contribution in [3.8, 4) is 22.7 Å². The van der Waals surface area contributed by atoms with Crippen LogP contribution >= 0.6 is 11.3 Å². The molecule has 0 aliphatic rings. The molecule has 13 heteroatoms. The van der Waals surface area contributed by atoms with Crippen molar-refractivity contribution in [1.29, 1.82) is 0 Å². The number of nitrogens with one attached hydrogen (secondary N) is 1. The van der Waals surface area contributed by atoms with Crippen molar-refractivity contribution in [2.24, 2.45) is 0 Å². The van der Waals surface area contributed by atoms with Gasteiger partial charge in [0.05, 0.1) is 18.9 Å². The van der Waals surface area contributed by atoms with Crippen molar-refractivity contribution in [2.75, 3.05) is 19.5 Å². The molecule has 0 bridgehead atoms. The van der Waals surface area contributed by atoms with Gasteiger partial charge in [-0.15, -0.1) is 10.2 Å². The molecule has 0 saturated heterocycles. The van der Waals surface area contributed by atoms with Crippen LogP contribution in [0.1, 0.15) is 46.1 Å². The minimum Gasteiger partial charge on any atom is -0.494 e. The fourth-order valence-electron chi connectivity index (χ4n) is 3.41. The molecule has 0 aliphatic heterocycles. The van der Waals surface area contributed by atoms with Crippen LogP contribution < -0.4 is 15.6 Å². The minimum absolute atomic E-state index is 0.0326. The number of hydrogen-bond acceptors (Lipinski definition) is 9. The maximum atomic E-state index is 13.5. The second-order valence-corrected chi connectivity index (χ2v) is 8.90. The van der Waals surface area contributed by atoms with Gasteiger partial charge in [0.15, 0.2) is 0 Å². The second kappa shape index (κ2) is 10.9. The fourth-order valence-corrected chi connectivity index (χ4v) is 4.18. The highest BCUT2D eigenvalue weighted by Gasteiger charge is 2.22. The van der Waals surface area contributed by atoms with Crippen LogP contribution in [0.4, 0.5) is 13.9 Å². The Balaban J connectivity index is 1.85. The van der Waals surface area contributed by atoms with Gasteiger partial charge < -0.3 is 9.47 Å². The van der Waals surface area contributed by atoms with Crippen LogP contribution in [0.3, 0.4) is 0 Å². The molecule has 1 atom stereocenters. The monoisotopic (exact) mass is 528 g/mol. The van der Waals surface area contributed by atoms with Crippen molar-refractivity contribution < 1.29 is 23.0 Å². The number of carbonyl (C=O) groups excluding carboxylic acids is 1. The van der Waals surface area contributed by atoms with E-state index in [2.05, 4.69) is 25.5 Å². The molecule has 192 valence electrons. The Kier molecular flexibility index (Phi) is 7.64. The average Bonchev–Trinajstić information content (AvgIpc) is 3.35. The molecule has 1 N–H and O–H groups in total. The first-order valence-corrected chi connectivity index (χ1v) is 11.7. The lowest BCUT2D eigenvalue weighted by molar-refractivity contribution is 0.102. The molecule has 0 saturated carbocycles. The summed E-state index contributed by atoms with van der Waals surface area (Å²) in [4.78, 5) is 33.9. The predicted octanol–water partition coefficient (Wildman–Crippen LogP) is 4.36. The molecule has 0 radical (unpaired) electrons. The number of alkyl halides is 2. The third kappa shape index (κ3) is 5.52. The summed E-state index contributed by atoms with van der Waals surface area (Å²) in [5.74, 6) is -0.282. The van der Waals surface area contributed by atoms with E-state index >= 15 is 0 Å². The zero-order valence-electron chi connectivity index (χ0n) is 20.2. The Morgan fingerprint density at radius 2 is 1.89 bits per heavy atom. The highest BCUT2D eigenvalue weighted by atomic mass is 32.1. The summed E-state index contributed by atoms with van der Waals surface area (Å²) in [5.41, 5.74) is 0.313. The Labute approximate surface area is 214 Å². The van der Waals surface area contributed by atoms with Gasteiger partial charge in [-0.25, -0.2) is 13.8 Å². The third-order valence-corrected chi connectivity index (χ3v) is 6.44. The van der Waals surface area contributed by atoms with Crippen molar-refractivity contribution in [1.82, 2.24) is 24.7 Å². The van der Waals surface area contributed by atoms with Gasteiger partial charge in [-0.05, 0) is 37.6 Å². The first-order valence-electron chi connectivity index (χ1n) is 10.9. The number of hydrogen-bond donors (Lipinski definition) is 1. The SMILES string of the molecule is COc1cnc(C(F)F)cc1-c1cc(-n2ccc(C)cc2=O)ncc1C(=O)Nc1nnc(C(C)OC)s1. The zero-order chi connectivity index (χ0) is 26.7. The van der Waals surface area contributed by atoms with E-state index in [0.717, 1.165) is 29.2 Å².